The van der Waals surface area contributed by atoms with Crippen molar-refractivity contribution in [2.45, 2.75) is 0 Å². The third kappa shape index (κ3) is 1.04. The summed E-state index contributed by atoms with van der Waals surface area (Å²) in [6.45, 7) is 0. The van der Waals surface area contributed by atoms with Crippen LogP contribution in [0.1, 0.15) is 0 Å². The molecule has 0 bridgehead atoms. The monoisotopic (exact) mass is 172 g/mol. The van der Waals surface area contributed by atoms with Crippen molar-refractivity contribution >= 4 is 5.69 Å². The highest BCUT2D eigenvalue weighted by atomic mass is 16.3. The number of nitrogens with two attached hydrogens (primary N) is 1. The minimum Gasteiger partial charge on any atom is -0.504 e. The summed E-state index contributed by atoms with van der Waals surface area (Å²) in [5.74, 6) is 2.13. The van der Waals surface area contributed by atoms with Crippen LogP contribution in [0.15, 0.2) is 6.07 Å². The third-order valence-electron chi connectivity index (χ3n) is 1.38. The maximum absolute atomic E-state index is 9.04. The van der Waals surface area contributed by atoms with Crippen LogP contribution in [0.4, 0.5) is 5.69 Å². The molecule has 1 aromatic rings. The zero-order valence-corrected chi connectivity index (χ0v) is 5.94. The quantitative estimate of drug-likeness (QED) is 0.151. The first-order valence-electron chi connectivity index (χ1n) is 3.01. The molecule has 12 heavy (non-hydrogen) atoms. The summed E-state index contributed by atoms with van der Waals surface area (Å²) in [6, 6.07) is 0.977. The Hall–Kier alpha value is -1.82. The fourth-order valence-corrected chi connectivity index (χ4v) is 0.744. The van der Waals surface area contributed by atoms with Crippen molar-refractivity contribution in [1.29, 1.82) is 0 Å². The van der Waals surface area contributed by atoms with Crippen LogP contribution in [-0.2, 0) is 0 Å². The smallest absolute Gasteiger partial charge is 0.206 e. The molecule has 0 fully saturated rings. The van der Waals surface area contributed by atoms with Gasteiger partial charge in [-0.2, -0.15) is 0 Å². The van der Waals surface area contributed by atoms with Crippen molar-refractivity contribution in [2.24, 2.45) is 5.84 Å². The number of hydrazine groups is 1. The minimum absolute atomic E-state index is 0.0807. The fraction of sp³-hybridized carbons (Fsp3) is 0. The summed E-state index contributed by atoms with van der Waals surface area (Å²) in [4.78, 5) is 0. The Kier molecular flexibility index (Phi) is 1.84. The van der Waals surface area contributed by atoms with Crippen molar-refractivity contribution in [3.8, 4) is 23.0 Å². The number of hydrogen-bond donors (Lipinski definition) is 6. The lowest BCUT2D eigenvalue weighted by Crippen LogP contribution is -2.06. The van der Waals surface area contributed by atoms with E-state index < -0.39 is 23.0 Å². The molecule has 0 saturated carbocycles. The Morgan fingerprint density at radius 3 is 2.08 bits per heavy atom. The Labute approximate surface area is 67.5 Å². The summed E-state index contributed by atoms with van der Waals surface area (Å²) < 4.78 is 0. The second kappa shape index (κ2) is 2.67. The average Bonchev–Trinajstić information content (AvgIpc) is 2.08. The molecule has 1 aromatic carbocycles. The van der Waals surface area contributed by atoms with E-state index in [9.17, 15) is 0 Å². The lowest BCUT2D eigenvalue weighted by atomic mass is 10.2. The van der Waals surface area contributed by atoms with Crippen LogP contribution < -0.4 is 11.3 Å². The zero-order valence-electron chi connectivity index (χ0n) is 5.94. The van der Waals surface area contributed by atoms with Gasteiger partial charge in [-0.3, -0.25) is 5.84 Å². The van der Waals surface area contributed by atoms with Gasteiger partial charge < -0.3 is 25.9 Å². The fourth-order valence-electron chi connectivity index (χ4n) is 0.744. The number of hydrogen-bond acceptors (Lipinski definition) is 6. The largest absolute Gasteiger partial charge is 0.504 e. The van der Waals surface area contributed by atoms with Gasteiger partial charge in [0.25, 0.3) is 0 Å². The van der Waals surface area contributed by atoms with Crippen LogP contribution in [-0.4, -0.2) is 20.4 Å². The van der Waals surface area contributed by atoms with Gasteiger partial charge in [-0.05, 0) is 0 Å². The van der Waals surface area contributed by atoms with E-state index in [1.807, 2.05) is 5.43 Å². The van der Waals surface area contributed by atoms with Gasteiger partial charge in [0.15, 0.2) is 11.5 Å². The molecular formula is C6H8N2O4. The van der Waals surface area contributed by atoms with Crippen LogP contribution in [0.3, 0.4) is 0 Å². The Morgan fingerprint density at radius 1 is 1.00 bits per heavy atom. The molecule has 0 amide bonds. The number of rotatable bonds is 1. The van der Waals surface area contributed by atoms with Crippen LogP contribution in [0.2, 0.25) is 0 Å². The van der Waals surface area contributed by atoms with Gasteiger partial charge in [0.05, 0.1) is 5.69 Å². The number of aromatic hydroxyl groups is 4. The summed E-state index contributed by atoms with van der Waals surface area (Å²) in [7, 11) is 0. The van der Waals surface area contributed by atoms with E-state index in [1.165, 1.54) is 0 Å². The first-order valence-corrected chi connectivity index (χ1v) is 3.01. The average molecular weight is 172 g/mol. The maximum atomic E-state index is 9.04. The molecule has 0 aliphatic rings. The van der Waals surface area contributed by atoms with Crippen molar-refractivity contribution < 1.29 is 20.4 Å². The second-order valence-corrected chi connectivity index (χ2v) is 2.13. The third-order valence-corrected chi connectivity index (χ3v) is 1.38. The number of nitrogen functional groups attached to an aromatic ring is 1. The highest BCUT2D eigenvalue weighted by molar-refractivity contribution is 5.70. The van der Waals surface area contributed by atoms with Gasteiger partial charge in [-0.15, -0.1) is 0 Å². The van der Waals surface area contributed by atoms with Crippen LogP contribution in [0, 0.1) is 0 Å². The summed E-state index contributed by atoms with van der Waals surface area (Å²) in [5, 5.41) is 35.8. The van der Waals surface area contributed by atoms with Gasteiger partial charge in [0.2, 0.25) is 11.5 Å². The predicted octanol–water partition coefficient (Wildman–Crippen LogP) is -0.205. The second-order valence-electron chi connectivity index (χ2n) is 2.13. The molecule has 6 heteroatoms. The molecule has 6 nitrogen and oxygen atoms in total. The zero-order chi connectivity index (χ0) is 9.30. The molecule has 0 heterocycles. The number of phenolic OH excluding ortho intramolecular Hbond substituents is 4. The maximum Gasteiger partial charge on any atom is 0.206 e. The molecule has 0 aromatic heterocycles. The lowest BCUT2D eigenvalue weighted by molar-refractivity contribution is 0.347. The van der Waals surface area contributed by atoms with Gasteiger partial charge in [0, 0.05) is 6.07 Å². The van der Waals surface area contributed by atoms with E-state index in [2.05, 4.69) is 0 Å². The van der Waals surface area contributed by atoms with E-state index in [0.717, 1.165) is 6.07 Å². The molecule has 0 aliphatic heterocycles. The number of phenols is 4. The lowest BCUT2D eigenvalue weighted by Gasteiger charge is -2.07. The molecule has 0 saturated heterocycles. The first kappa shape index (κ1) is 8.28. The molecule has 0 radical (unpaired) electrons. The van der Waals surface area contributed by atoms with Gasteiger partial charge in [-0.25, -0.2) is 0 Å². The van der Waals surface area contributed by atoms with Crippen molar-refractivity contribution in [3.05, 3.63) is 6.07 Å². The minimum atomic E-state index is -0.817. The van der Waals surface area contributed by atoms with Crippen molar-refractivity contribution in [1.82, 2.24) is 0 Å². The number of anilines is 1. The number of nitrogens with one attached hydrogen (secondary N) is 1. The highest BCUT2D eigenvalue weighted by Crippen LogP contribution is 2.45. The molecule has 0 atom stereocenters. The van der Waals surface area contributed by atoms with Gasteiger partial charge in [0.1, 0.15) is 0 Å². The molecule has 1 rings (SSSR count). The number of benzene rings is 1. The van der Waals surface area contributed by atoms with Gasteiger partial charge in [-0.1, -0.05) is 0 Å². The SMILES string of the molecule is NNc1cc(O)c(O)c(O)c1O. The molecular weight excluding hydrogens is 164 g/mol. The topological polar surface area (TPSA) is 119 Å². The summed E-state index contributed by atoms with van der Waals surface area (Å²) >= 11 is 0. The Bertz CT molecular complexity index is 313. The van der Waals surface area contributed by atoms with Crippen LogP contribution >= 0.6 is 0 Å². The Balaban J connectivity index is 3.39. The standard InChI is InChI=1S/C6H8N2O4/c7-8-2-1-3(9)5(11)6(12)4(2)10/h1,8-12H,7H2. The molecule has 7 N–H and O–H groups in total. The van der Waals surface area contributed by atoms with Crippen molar-refractivity contribution in [2.75, 3.05) is 5.43 Å². The van der Waals surface area contributed by atoms with E-state index >= 15 is 0 Å². The van der Waals surface area contributed by atoms with Crippen LogP contribution in [0.5, 0.6) is 23.0 Å². The molecule has 0 spiro atoms. The van der Waals surface area contributed by atoms with Crippen molar-refractivity contribution in [3.63, 3.8) is 0 Å². The van der Waals surface area contributed by atoms with E-state index in [4.69, 9.17) is 26.3 Å². The van der Waals surface area contributed by atoms with Gasteiger partial charge >= 0.3 is 0 Å². The van der Waals surface area contributed by atoms with E-state index in [0.29, 0.717) is 0 Å². The summed E-state index contributed by atoms with van der Waals surface area (Å²) in [6.07, 6.45) is 0. The molecule has 66 valence electrons. The van der Waals surface area contributed by atoms with Crippen LogP contribution in [0.25, 0.3) is 0 Å². The first-order chi connectivity index (χ1) is 5.57. The predicted molar refractivity (Wildman–Crippen MR) is 40.9 cm³/mol. The Morgan fingerprint density at radius 2 is 1.58 bits per heavy atom. The highest BCUT2D eigenvalue weighted by Gasteiger charge is 2.14. The molecule has 0 unspecified atom stereocenters. The van der Waals surface area contributed by atoms with E-state index in [-0.39, 0.29) is 5.69 Å². The molecule has 0 aliphatic carbocycles. The van der Waals surface area contributed by atoms with E-state index in [1.54, 1.807) is 0 Å². The normalized spacial score (nSPS) is 9.75. The summed E-state index contributed by atoms with van der Waals surface area (Å²) in [5.41, 5.74) is 1.94.